The Kier molecular flexibility index (Phi) is 10.2. The summed E-state index contributed by atoms with van der Waals surface area (Å²) in [6.45, 7) is 5.47. The zero-order valence-corrected chi connectivity index (χ0v) is 21.7. The van der Waals surface area contributed by atoms with Crippen LogP contribution in [0.15, 0.2) is 35.3 Å². The van der Waals surface area contributed by atoms with E-state index in [0.717, 1.165) is 23.1 Å². The van der Waals surface area contributed by atoms with Crippen molar-refractivity contribution >= 4 is 39.8 Å². The quantitative estimate of drug-likeness (QED) is 0.238. The molecule has 0 aliphatic heterocycles. The van der Waals surface area contributed by atoms with Gasteiger partial charge in [-0.3, -0.25) is 4.99 Å². The van der Waals surface area contributed by atoms with Gasteiger partial charge in [-0.1, -0.05) is 0 Å². The number of aryl methyl sites for hydroxylation is 1. The Hall–Kier alpha value is -1.75. The number of benzene rings is 1. The molecule has 7 nitrogen and oxygen atoms in total. The van der Waals surface area contributed by atoms with E-state index in [2.05, 4.69) is 46.9 Å². The predicted octanol–water partition coefficient (Wildman–Crippen LogP) is 3.16. The summed E-state index contributed by atoms with van der Waals surface area (Å²) in [5, 5.41) is 3.24. The largest absolute Gasteiger partial charge is 0.497 e. The zero-order chi connectivity index (χ0) is 21.6. The van der Waals surface area contributed by atoms with E-state index in [4.69, 9.17) is 4.74 Å². The molecule has 0 saturated heterocycles. The summed E-state index contributed by atoms with van der Waals surface area (Å²) in [4.78, 5) is 6.36. The van der Waals surface area contributed by atoms with Crippen molar-refractivity contribution < 1.29 is 13.2 Å². The molecule has 0 bridgehead atoms. The second-order valence-electron chi connectivity index (χ2n) is 7.24. The molecule has 0 aliphatic rings. The highest BCUT2D eigenvalue weighted by atomic mass is 127. The fourth-order valence-corrected chi connectivity index (χ4v) is 4.04. The number of sulfone groups is 1. The second kappa shape index (κ2) is 11.6. The fraction of sp³-hybridized carbons (Fsp3) is 0.476. The van der Waals surface area contributed by atoms with Crippen LogP contribution in [-0.4, -0.2) is 63.6 Å². The number of aliphatic imine (C=N–C) groups is 1. The normalized spacial score (nSPS) is 11.7. The van der Waals surface area contributed by atoms with Crippen LogP contribution in [0.2, 0.25) is 0 Å². The van der Waals surface area contributed by atoms with Gasteiger partial charge in [-0.25, -0.2) is 8.42 Å². The van der Waals surface area contributed by atoms with Gasteiger partial charge in [0.2, 0.25) is 0 Å². The minimum atomic E-state index is -2.94. The SMILES string of the molecule is CN=C(NCCCS(C)(=O)=O)N(C)Cc1cc(C)n(-c2ccc(OC)cc2)c1C.I. The number of hydrogen-bond donors (Lipinski definition) is 1. The first-order valence-corrected chi connectivity index (χ1v) is 11.6. The molecule has 168 valence electrons. The van der Waals surface area contributed by atoms with Gasteiger partial charge >= 0.3 is 0 Å². The minimum Gasteiger partial charge on any atom is -0.497 e. The van der Waals surface area contributed by atoms with Gasteiger partial charge in [0, 0.05) is 50.5 Å². The molecule has 1 heterocycles. The third kappa shape index (κ3) is 7.19. The average Bonchev–Trinajstić information content (AvgIpc) is 2.94. The van der Waals surface area contributed by atoms with Gasteiger partial charge in [0.05, 0.1) is 12.9 Å². The lowest BCUT2D eigenvalue weighted by molar-refractivity contribution is 0.414. The van der Waals surface area contributed by atoms with Crippen molar-refractivity contribution in [3.8, 4) is 11.4 Å². The van der Waals surface area contributed by atoms with Crippen molar-refractivity contribution in [3.63, 3.8) is 0 Å². The van der Waals surface area contributed by atoms with Gasteiger partial charge in [-0.2, -0.15) is 0 Å². The van der Waals surface area contributed by atoms with Gasteiger partial charge in [-0.05, 0) is 56.2 Å². The Balaban J connectivity index is 0.00000450. The summed E-state index contributed by atoms with van der Waals surface area (Å²) >= 11 is 0. The number of rotatable bonds is 8. The summed E-state index contributed by atoms with van der Waals surface area (Å²) < 4.78 is 30.0. The van der Waals surface area contributed by atoms with Gasteiger partial charge in [-0.15, -0.1) is 24.0 Å². The van der Waals surface area contributed by atoms with Crippen LogP contribution in [0.25, 0.3) is 5.69 Å². The molecule has 1 N–H and O–H groups in total. The number of halogens is 1. The van der Waals surface area contributed by atoms with E-state index in [1.54, 1.807) is 14.2 Å². The molecule has 1 aromatic heterocycles. The molecule has 0 spiro atoms. The maximum Gasteiger partial charge on any atom is 0.193 e. The maximum absolute atomic E-state index is 11.3. The first kappa shape index (κ1) is 26.3. The first-order chi connectivity index (χ1) is 13.7. The number of ether oxygens (including phenoxy) is 1. The smallest absolute Gasteiger partial charge is 0.193 e. The number of nitrogens with zero attached hydrogens (tertiary/aromatic N) is 3. The van der Waals surface area contributed by atoms with E-state index in [0.29, 0.717) is 19.5 Å². The Morgan fingerprint density at radius 2 is 1.87 bits per heavy atom. The Morgan fingerprint density at radius 1 is 1.23 bits per heavy atom. The van der Waals surface area contributed by atoms with E-state index < -0.39 is 9.84 Å². The van der Waals surface area contributed by atoms with E-state index in [9.17, 15) is 8.42 Å². The van der Waals surface area contributed by atoms with Crippen molar-refractivity contribution in [1.29, 1.82) is 0 Å². The van der Waals surface area contributed by atoms with Crippen molar-refractivity contribution in [1.82, 2.24) is 14.8 Å². The van der Waals surface area contributed by atoms with E-state index in [1.807, 2.05) is 24.1 Å². The standard InChI is InChI=1S/C21H32N4O3S.HI/c1-16-14-18(17(2)25(16)19-8-10-20(28-5)11-9-19)15-24(4)21(22-3)23-12-7-13-29(6,26)27;/h8-11,14H,7,12-13,15H2,1-6H3,(H,22,23);1H. The lowest BCUT2D eigenvalue weighted by atomic mass is 10.2. The predicted molar refractivity (Wildman–Crippen MR) is 134 cm³/mol. The minimum absolute atomic E-state index is 0. The molecule has 2 rings (SSSR count). The second-order valence-corrected chi connectivity index (χ2v) is 9.50. The van der Waals surface area contributed by atoms with Crippen LogP contribution in [0.5, 0.6) is 5.75 Å². The third-order valence-corrected chi connectivity index (χ3v) is 5.85. The van der Waals surface area contributed by atoms with Gasteiger partial charge in [0.15, 0.2) is 5.96 Å². The molecular weight excluding hydrogens is 515 g/mol. The number of aromatic nitrogens is 1. The highest BCUT2D eigenvalue weighted by Crippen LogP contribution is 2.23. The summed E-state index contributed by atoms with van der Waals surface area (Å²) in [5.41, 5.74) is 4.64. The first-order valence-electron chi connectivity index (χ1n) is 9.58. The van der Waals surface area contributed by atoms with E-state index >= 15 is 0 Å². The summed E-state index contributed by atoms with van der Waals surface area (Å²) in [5.74, 6) is 1.75. The molecule has 0 atom stereocenters. The van der Waals surface area contributed by atoms with Crippen molar-refractivity contribution in [2.45, 2.75) is 26.8 Å². The van der Waals surface area contributed by atoms with Crippen LogP contribution in [0.3, 0.4) is 0 Å². The third-order valence-electron chi connectivity index (χ3n) is 4.82. The van der Waals surface area contributed by atoms with Gasteiger partial charge < -0.3 is 19.5 Å². The van der Waals surface area contributed by atoms with Gasteiger partial charge in [0.1, 0.15) is 15.6 Å². The maximum atomic E-state index is 11.3. The number of hydrogen-bond acceptors (Lipinski definition) is 4. The Morgan fingerprint density at radius 3 is 2.40 bits per heavy atom. The van der Waals surface area contributed by atoms with Crippen LogP contribution in [0.4, 0.5) is 0 Å². The molecule has 0 amide bonds. The molecule has 0 fully saturated rings. The van der Waals surface area contributed by atoms with Crippen LogP contribution >= 0.6 is 24.0 Å². The molecule has 9 heteroatoms. The Bertz CT molecular complexity index is 953. The van der Waals surface area contributed by atoms with Crippen molar-refractivity contribution in [3.05, 3.63) is 47.3 Å². The molecule has 1 aromatic carbocycles. The molecule has 30 heavy (non-hydrogen) atoms. The van der Waals surface area contributed by atoms with E-state index in [1.165, 1.54) is 17.5 Å². The fourth-order valence-electron chi connectivity index (χ4n) is 3.37. The number of methoxy groups -OCH3 is 1. The highest BCUT2D eigenvalue weighted by molar-refractivity contribution is 14.0. The van der Waals surface area contributed by atoms with Crippen molar-refractivity contribution in [2.24, 2.45) is 4.99 Å². The molecular formula is C21H33IN4O3S. The van der Waals surface area contributed by atoms with Crippen LogP contribution < -0.4 is 10.1 Å². The zero-order valence-electron chi connectivity index (χ0n) is 18.6. The molecule has 0 radical (unpaired) electrons. The highest BCUT2D eigenvalue weighted by Gasteiger charge is 2.14. The average molecular weight is 548 g/mol. The summed E-state index contributed by atoms with van der Waals surface area (Å²) in [6, 6.07) is 10.2. The topological polar surface area (TPSA) is 75.9 Å². The monoisotopic (exact) mass is 548 g/mol. The van der Waals surface area contributed by atoms with Crippen LogP contribution in [0.1, 0.15) is 23.4 Å². The molecule has 2 aromatic rings. The molecule has 0 saturated carbocycles. The summed E-state index contributed by atoms with van der Waals surface area (Å²) in [7, 11) is 2.43. The molecule has 0 aliphatic carbocycles. The molecule has 0 unspecified atom stereocenters. The van der Waals surface area contributed by atoms with Gasteiger partial charge in [0.25, 0.3) is 0 Å². The van der Waals surface area contributed by atoms with Crippen LogP contribution in [-0.2, 0) is 16.4 Å². The lowest BCUT2D eigenvalue weighted by Gasteiger charge is -2.22. The number of nitrogens with one attached hydrogen (secondary N) is 1. The Labute approximate surface area is 197 Å². The summed E-state index contributed by atoms with van der Waals surface area (Å²) in [6.07, 6.45) is 1.81. The van der Waals surface area contributed by atoms with Crippen molar-refractivity contribution in [2.75, 3.05) is 39.8 Å². The number of guanidine groups is 1. The lowest BCUT2D eigenvalue weighted by Crippen LogP contribution is -2.39. The van der Waals surface area contributed by atoms with Crippen LogP contribution in [0, 0.1) is 13.8 Å². The van der Waals surface area contributed by atoms with E-state index in [-0.39, 0.29) is 29.7 Å².